The lowest BCUT2D eigenvalue weighted by Gasteiger charge is -2.03. The lowest BCUT2D eigenvalue weighted by Crippen LogP contribution is -1.89. The van der Waals surface area contributed by atoms with Gasteiger partial charge in [-0.3, -0.25) is 0 Å². The molecule has 0 bridgehead atoms. The van der Waals surface area contributed by atoms with Gasteiger partial charge >= 0.3 is 0 Å². The second-order valence-electron chi connectivity index (χ2n) is 2.65. The fourth-order valence-electron chi connectivity index (χ4n) is 1.20. The molecule has 0 aliphatic heterocycles. The van der Waals surface area contributed by atoms with Crippen LogP contribution in [0.4, 0.5) is 0 Å². The Morgan fingerprint density at radius 1 is 1.18 bits per heavy atom. The SMILES string of the molecule is CCCc1ccccc1CI. The summed E-state index contributed by atoms with van der Waals surface area (Å²) >= 11 is 2.42. The number of aryl methyl sites for hydroxylation is 1. The fourth-order valence-corrected chi connectivity index (χ4v) is 1.95. The third-order valence-electron chi connectivity index (χ3n) is 1.78. The molecule has 0 aliphatic rings. The monoisotopic (exact) mass is 260 g/mol. The Labute approximate surface area is 82.2 Å². The Morgan fingerprint density at radius 3 is 2.36 bits per heavy atom. The van der Waals surface area contributed by atoms with E-state index in [1.807, 2.05) is 0 Å². The summed E-state index contributed by atoms with van der Waals surface area (Å²) in [6.07, 6.45) is 2.47. The second kappa shape index (κ2) is 4.75. The molecule has 0 saturated heterocycles. The van der Waals surface area contributed by atoms with Crippen LogP contribution in [0.25, 0.3) is 0 Å². The van der Waals surface area contributed by atoms with E-state index in [0.717, 1.165) is 4.43 Å². The number of hydrogen-bond donors (Lipinski definition) is 0. The van der Waals surface area contributed by atoms with Crippen LogP contribution >= 0.6 is 22.6 Å². The van der Waals surface area contributed by atoms with Crippen LogP contribution in [0.3, 0.4) is 0 Å². The highest BCUT2D eigenvalue weighted by Crippen LogP contribution is 2.13. The van der Waals surface area contributed by atoms with E-state index >= 15 is 0 Å². The van der Waals surface area contributed by atoms with Crippen LogP contribution in [-0.2, 0) is 10.8 Å². The molecule has 1 aromatic rings. The number of benzene rings is 1. The first-order valence-electron chi connectivity index (χ1n) is 4.01. The van der Waals surface area contributed by atoms with E-state index in [2.05, 4.69) is 53.8 Å². The molecular weight excluding hydrogens is 247 g/mol. The molecular formula is C10H13I. The number of halogens is 1. The molecule has 0 aliphatic carbocycles. The van der Waals surface area contributed by atoms with E-state index in [0.29, 0.717) is 0 Å². The molecule has 0 unspecified atom stereocenters. The predicted octanol–water partition coefficient (Wildman–Crippen LogP) is 3.57. The topological polar surface area (TPSA) is 0 Å². The first-order valence-corrected chi connectivity index (χ1v) is 5.53. The zero-order valence-corrected chi connectivity index (χ0v) is 8.97. The van der Waals surface area contributed by atoms with Gasteiger partial charge in [0.1, 0.15) is 0 Å². The van der Waals surface area contributed by atoms with E-state index in [9.17, 15) is 0 Å². The Hall–Kier alpha value is -0.0500. The van der Waals surface area contributed by atoms with Crippen LogP contribution in [0, 0.1) is 0 Å². The van der Waals surface area contributed by atoms with E-state index in [1.54, 1.807) is 0 Å². The summed E-state index contributed by atoms with van der Waals surface area (Å²) in [4.78, 5) is 0. The third-order valence-corrected chi connectivity index (χ3v) is 2.60. The largest absolute Gasteiger partial charge is 0.0812 e. The lowest BCUT2D eigenvalue weighted by molar-refractivity contribution is 0.912. The van der Waals surface area contributed by atoms with Gasteiger partial charge in [-0.05, 0) is 17.5 Å². The highest BCUT2D eigenvalue weighted by atomic mass is 127. The number of alkyl halides is 1. The maximum Gasteiger partial charge on any atom is 0.0249 e. The predicted molar refractivity (Wildman–Crippen MR) is 58.2 cm³/mol. The Balaban J connectivity index is 2.83. The second-order valence-corrected chi connectivity index (χ2v) is 3.42. The molecule has 0 radical (unpaired) electrons. The minimum atomic E-state index is 1.13. The minimum Gasteiger partial charge on any atom is -0.0812 e. The highest BCUT2D eigenvalue weighted by molar-refractivity contribution is 14.1. The van der Waals surface area contributed by atoms with Gasteiger partial charge in [-0.1, -0.05) is 60.2 Å². The molecule has 0 saturated carbocycles. The van der Waals surface area contributed by atoms with E-state index in [-0.39, 0.29) is 0 Å². The molecule has 1 rings (SSSR count). The van der Waals surface area contributed by atoms with Gasteiger partial charge in [0.25, 0.3) is 0 Å². The Morgan fingerprint density at radius 2 is 1.82 bits per heavy atom. The van der Waals surface area contributed by atoms with Crippen LogP contribution in [0.2, 0.25) is 0 Å². The molecule has 0 heterocycles. The molecule has 0 nitrogen and oxygen atoms in total. The molecule has 0 amide bonds. The maximum atomic E-state index is 2.42. The van der Waals surface area contributed by atoms with Gasteiger partial charge in [-0.2, -0.15) is 0 Å². The van der Waals surface area contributed by atoms with E-state index < -0.39 is 0 Å². The zero-order valence-electron chi connectivity index (χ0n) is 6.81. The molecule has 11 heavy (non-hydrogen) atoms. The molecule has 60 valence electrons. The molecule has 0 N–H and O–H groups in total. The van der Waals surface area contributed by atoms with Crippen LogP contribution in [0.1, 0.15) is 24.5 Å². The van der Waals surface area contributed by atoms with Crippen molar-refractivity contribution in [1.29, 1.82) is 0 Å². The minimum absolute atomic E-state index is 1.13. The van der Waals surface area contributed by atoms with Crippen LogP contribution in [0.15, 0.2) is 24.3 Å². The molecule has 0 atom stereocenters. The van der Waals surface area contributed by atoms with Gasteiger partial charge in [0.2, 0.25) is 0 Å². The Bertz CT molecular complexity index is 218. The van der Waals surface area contributed by atoms with Crippen LogP contribution in [0.5, 0.6) is 0 Å². The fraction of sp³-hybridized carbons (Fsp3) is 0.400. The summed E-state index contributed by atoms with van der Waals surface area (Å²) in [5.41, 5.74) is 3.01. The smallest absolute Gasteiger partial charge is 0.0249 e. The number of hydrogen-bond acceptors (Lipinski definition) is 0. The molecule has 0 spiro atoms. The van der Waals surface area contributed by atoms with Crippen LogP contribution < -0.4 is 0 Å². The van der Waals surface area contributed by atoms with E-state index in [4.69, 9.17) is 0 Å². The van der Waals surface area contributed by atoms with Gasteiger partial charge in [0, 0.05) is 4.43 Å². The molecule has 0 aromatic heterocycles. The van der Waals surface area contributed by atoms with Crippen molar-refractivity contribution in [1.82, 2.24) is 0 Å². The first-order chi connectivity index (χ1) is 5.38. The Kier molecular flexibility index (Phi) is 3.91. The van der Waals surface area contributed by atoms with Gasteiger partial charge in [-0.15, -0.1) is 0 Å². The van der Waals surface area contributed by atoms with Gasteiger partial charge in [0.05, 0.1) is 0 Å². The summed E-state index contributed by atoms with van der Waals surface area (Å²) in [5.74, 6) is 0. The summed E-state index contributed by atoms with van der Waals surface area (Å²) in [7, 11) is 0. The molecule has 1 heteroatoms. The van der Waals surface area contributed by atoms with Crippen molar-refractivity contribution in [3.8, 4) is 0 Å². The highest BCUT2D eigenvalue weighted by Gasteiger charge is 1.96. The standard InChI is InChI=1S/C10H13I/c1-2-5-9-6-3-4-7-10(9)8-11/h3-4,6-7H,2,5,8H2,1H3. The third kappa shape index (κ3) is 2.47. The van der Waals surface area contributed by atoms with Crippen molar-refractivity contribution in [2.45, 2.75) is 24.2 Å². The normalized spacial score (nSPS) is 10.0. The van der Waals surface area contributed by atoms with Crippen molar-refractivity contribution in [3.05, 3.63) is 35.4 Å². The van der Waals surface area contributed by atoms with Crippen molar-refractivity contribution in [2.75, 3.05) is 0 Å². The lowest BCUT2D eigenvalue weighted by atomic mass is 10.1. The van der Waals surface area contributed by atoms with Crippen molar-refractivity contribution >= 4 is 22.6 Å². The zero-order chi connectivity index (χ0) is 8.10. The average molecular weight is 260 g/mol. The summed E-state index contributed by atoms with van der Waals surface area (Å²) in [6, 6.07) is 8.70. The van der Waals surface area contributed by atoms with Crippen molar-refractivity contribution < 1.29 is 0 Å². The van der Waals surface area contributed by atoms with E-state index in [1.165, 1.54) is 24.0 Å². The van der Waals surface area contributed by atoms with Gasteiger partial charge in [-0.25, -0.2) is 0 Å². The summed E-state index contributed by atoms with van der Waals surface area (Å²) < 4.78 is 1.13. The quantitative estimate of drug-likeness (QED) is 0.575. The van der Waals surface area contributed by atoms with Crippen LogP contribution in [-0.4, -0.2) is 0 Å². The average Bonchev–Trinajstić information content (AvgIpc) is 2.06. The van der Waals surface area contributed by atoms with Gasteiger partial charge in [0.15, 0.2) is 0 Å². The molecule has 0 fully saturated rings. The van der Waals surface area contributed by atoms with Crippen molar-refractivity contribution in [2.24, 2.45) is 0 Å². The summed E-state index contributed by atoms with van der Waals surface area (Å²) in [6.45, 7) is 2.23. The maximum absolute atomic E-state index is 2.42. The van der Waals surface area contributed by atoms with Crippen molar-refractivity contribution in [3.63, 3.8) is 0 Å². The number of rotatable bonds is 3. The summed E-state index contributed by atoms with van der Waals surface area (Å²) in [5, 5.41) is 0. The first kappa shape index (κ1) is 9.04. The van der Waals surface area contributed by atoms with Gasteiger partial charge < -0.3 is 0 Å². The molecule has 1 aromatic carbocycles.